The van der Waals surface area contributed by atoms with Crippen molar-refractivity contribution in [3.05, 3.63) is 52.2 Å². The van der Waals surface area contributed by atoms with Crippen LogP contribution in [0.4, 0.5) is 22.6 Å². The number of halogens is 4. The summed E-state index contributed by atoms with van der Waals surface area (Å²) in [6.07, 6.45) is -4.74. The van der Waals surface area contributed by atoms with Gasteiger partial charge in [-0.05, 0) is 36.2 Å². The first-order valence-corrected chi connectivity index (χ1v) is 9.17. The molecule has 0 fully saturated rings. The number of carbonyl (C=O) groups is 1. The predicted octanol–water partition coefficient (Wildman–Crippen LogP) is 3.63. The maximum Gasteiger partial charge on any atom is 0.419 e. The Labute approximate surface area is 162 Å². The van der Waals surface area contributed by atoms with Crippen molar-refractivity contribution in [1.82, 2.24) is 4.90 Å². The second-order valence-corrected chi connectivity index (χ2v) is 7.52. The van der Waals surface area contributed by atoms with Gasteiger partial charge in [0.15, 0.2) is 5.96 Å². The SMILES string of the molecule is CNc1ccc([C@H]2N=C(N)N(C)C(=O)[C@@H]2Cc2ccc(C(F)(F)F)c(F)c2)s1. The molecule has 1 aliphatic rings. The minimum atomic E-state index is -4.77. The van der Waals surface area contributed by atoms with Crippen LogP contribution >= 0.6 is 11.3 Å². The average molecular weight is 414 g/mol. The van der Waals surface area contributed by atoms with Gasteiger partial charge in [-0.1, -0.05) is 6.07 Å². The van der Waals surface area contributed by atoms with E-state index in [9.17, 15) is 22.4 Å². The fourth-order valence-electron chi connectivity index (χ4n) is 3.09. The van der Waals surface area contributed by atoms with Crippen molar-refractivity contribution in [2.45, 2.75) is 18.6 Å². The average Bonchev–Trinajstić information content (AvgIpc) is 3.10. The van der Waals surface area contributed by atoms with Crippen molar-refractivity contribution in [3.63, 3.8) is 0 Å². The third-order valence-electron chi connectivity index (χ3n) is 4.60. The fourth-order valence-corrected chi connectivity index (χ4v) is 4.06. The van der Waals surface area contributed by atoms with Crippen LogP contribution in [0.25, 0.3) is 0 Å². The predicted molar refractivity (Wildman–Crippen MR) is 99.6 cm³/mol. The molecule has 10 heteroatoms. The minimum Gasteiger partial charge on any atom is -0.380 e. The topological polar surface area (TPSA) is 70.7 Å². The molecule has 150 valence electrons. The maximum atomic E-state index is 13.9. The Morgan fingerprint density at radius 2 is 2.00 bits per heavy atom. The first-order valence-electron chi connectivity index (χ1n) is 8.35. The molecule has 0 aliphatic carbocycles. The van der Waals surface area contributed by atoms with Gasteiger partial charge < -0.3 is 11.1 Å². The summed E-state index contributed by atoms with van der Waals surface area (Å²) in [6.45, 7) is 0. The Balaban J connectivity index is 1.95. The third kappa shape index (κ3) is 3.82. The zero-order valence-electron chi connectivity index (χ0n) is 15.0. The third-order valence-corrected chi connectivity index (χ3v) is 5.78. The van der Waals surface area contributed by atoms with E-state index in [1.807, 2.05) is 12.1 Å². The molecule has 2 atom stereocenters. The first-order chi connectivity index (χ1) is 13.1. The number of amides is 1. The Kier molecular flexibility index (Phi) is 5.33. The molecule has 1 aromatic carbocycles. The van der Waals surface area contributed by atoms with Crippen LogP contribution in [0.15, 0.2) is 35.3 Å². The normalized spacial score (nSPS) is 20.3. The minimum absolute atomic E-state index is 0.0342. The molecule has 2 heterocycles. The molecule has 28 heavy (non-hydrogen) atoms. The highest BCUT2D eigenvalue weighted by Crippen LogP contribution is 2.39. The van der Waals surface area contributed by atoms with E-state index in [0.29, 0.717) is 6.07 Å². The van der Waals surface area contributed by atoms with Crippen molar-refractivity contribution in [2.24, 2.45) is 16.6 Å². The Morgan fingerprint density at radius 3 is 2.57 bits per heavy atom. The van der Waals surface area contributed by atoms with Crippen molar-refractivity contribution in [1.29, 1.82) is 0 Å². The summed E-state index contributed by atoms with van der Waals surface area (Å²) in [5, 5.41) is 3.87. The van der Waals surface area contributed by atoms with E-state index in [1.165, 1.54) is 29.4 Å². The second-order valence-electron chi connectivity index (χ2n) is 6.40. The number of alkyl halides is 3. The van der Waals surface area contributed by atoms with Gasteiger partial charge in [-0.15, -0.1) is 11.3 Å². The van der Waals surface area contributed by atoms with Gasteiger partial charge >= 0.3 is 6.18 Å². The summed E-state index contributed by atoms with van der Waals surface area (Å²) >= 11 is 1.40. The van der Waals surface area contributed by atoms with Gasteiger partial charge in [-0.2, -0.15) is 13.2 Å². The number of rotatable bonds is 4. The summed E-state index contributed by atoms with van der Waals surface area (Å²) in [7, 11) is 3.24. The molecular formula is C18H18F4N4OS. The highest BCUT2D eigenvalue weighted by atomic mass is 32.1. The Bertz CT molecular complexity index is 925. The van der Waals surface area contributed by atoms with Crippen molar-refractivity contribution in [2.75, 3.05) is 19.4 Å². The molecule has 0 unspecified atom stereocenters. The van der Waals surface area contributed by atoms with Gasteiger partial charge in [0.25, 0.3) is 0 Å². The number of guanidine groups is 1. The molecule has 3 rings (SSSR count). The summed E-state index contributed by atoms with van der Waals surface area (Å²) < 4.78 is 52.3. The molecule has 0 saturated heterocycles. The zero-order valence-corrected chi connectivity index (χ0v) is 15.9. The van der Waals surface area contributed by atoms with E-state index in [-0.39, 0.29) is 23.9 Å². The van der Waals surface area contributed by atoms with Crippen molar-refractivity contribution in [3.8, 4) is 0 Å². The van der Waals surface area contributed by atoms with Gasteiger partial charge in [0.05, 0.1) is 22.5 Å². The second kappa shape index (κ2) is 7.42. The molecule has 0 saturated carbocycles. The van der Waals surface area contributed by atoms with E-state index in [4.69, 9.17) is 5.73 Å². The van der Waals surface area contributed by atoms with Crippen molar-refractivity contribution < 1.29 is 22.4 Å². The number of anilines is 1. The van der Waals surface area contributed by atoms with E-state index >= 15 is 0 Å². The first kappa shape index (κ1) is 20.1. The van der Waals surface area contributed by atoms with E-state index in [2.05, 4.69) is 10.3 Å². The number of nitrogens with one attached hydrogen (secondary N) is 1. The van der Waals surface area contributed by atoms with Crippen LogP contribution in [0.1, 0.15) is 22.0 Å². The molecule has 0 bridgehead atoms. The summed E-state index contributed by atoms with van der Waals surface area (Å²) in [5.74, 6) is -2.34. The van der Waals surface area contributed by atoms with Crippen LogP contribution in [0.5, 0.6) is 0 Å². The number of nitrogens with zero attached hydrogens (tertiary/aromatic N) is 2. The lowest BCUT2D eigenvalue weighted by molar-refractivity contribution is -0.140. The quantitative estimate of drug-likeness (QED) is 0.751. The lowest BCUT2D eigenvalue weighted by Gasteiger charge is -2.32. The van der Waals surface area contributed by atoms with Gasteiger partial charge in [-0.3, -0.25) is 9.69 Å². The van der Waals surface area contributed by atoms with Gasteiger partial charge in [0.2, 0.25) is 5.91 Å². The van der Waals surface area contributed by atoms with Gasteiger partial charge in [-0.25, -0.2) is 9.38 Å². The molecule has 3 N–H and O–H groups in total. The highest BCUT2D eigenvalue weighted by Gasteiger charge is 2.39. The molecular weight excluding hydrogens is 396 g/mol. The molecule has 0 spiro atoms. The number of nitrogens with two attached hydrogens (primary N) is 1. The summed E-state index contributed by atoms with van der Waals surface area (Å²) in [6, 6.07) is 5.76. The van der Waals surface area contributed by atoms with E-state index in [0.717, 1.165) is 15.9 Å². The van der Waals surface area contributed by atoms with E-state index < -0.39 is 29.5 Å². The van der Waals surface area contributed by atoms with E-state index in [1.54, 1.807) is 7.05 Å². The summed E-state index contributed by atoms with van der Waals surface area (Å²) in [5.41, 5.74) is 4.79. The molecule has 5 nitrogen and oxygen atoms in total. The number of aliphatic imine (C=N–C) groups is 1. The molecule has 2 aromatic rings. The van der Waals surface area contributed by atoms with Crippen LogP contribution in [-0.4, -0.2) is 30.9 Å². The van der Waals surface area contributed by atoms with Crippen molar-refractivity contribution >= 4 is 28.2 Å². The van der Waals surface area contributed by atoms with Crippen LogP contribution < -0.4 is 11.1 Å². The smallest absolute Gasteiger partial charge is 0.380 e. The summed E-state index contributed by atoms with van der Waals surface area (Å²) in [4.78, 5) is 19.2. The zero-order chi connectivity index (χ0) is 20.6. The number of carbonyl (C=O) groups excluding carboxylic acids is 1. The van der Waals surface area contributed by atoms with Crippen LogP contribution in [0, 0.1) is 11.7 Å². The van der Waals surface area contributed by atoms with Crippen LogP contribution in [0.3, 0.4) is 0 Å². The van der Waals surface area contributed by atoms with Gasteiger partial charge in [0, 0.05) is 19.0 Å². The monoisotopic (exact) mass is 414 g/mol. The lowest BCUT2D eigenvalue weighted by atomic mass is 9.88. The number of benzene rings is 1. The Hall–Kier alpha value is -2.62. The molecule has 1 aliphatic heterocycles. The maximum absolute atomic E-state index is 13.9. The molecule has 0 radical (unpaired) electrons. The van der Waals surface area contributed by atoms with Crippen LogP contribution in [0.2, 0.25) is 0 Å². The lowest BCUT2D eigenvalue weighted by Crippen LogP contribution is -2.48. The number of thiophene rings is 1. The number of hydrogen-bond donors (Lipinski definition) is 2. The highest BCUT2D eigenvalue weighted by molar-refractivity contribution is 7.16. The largest absolute Gasteiger partial charge is 0.419 e. The molecule has 1 amide bonds. The Morgan fingerprint density at radius 1 is 1.29 bits per heavy atom. The molecule has 1 aromatic heterocycles. The standard InChI is InChI=1S/C18H18F4N4OS/c1-24-14-6-5-13(28-14)15-10(16(27)26(2)17(23)25-15)7-9-3-4-11(12(19)8-9)18(20,21)22/h3-6,8,10,15,24H,7H2,1-2H3,(H2,23,25)/t10-,15+/m1/s1. The fraction of sp³-hybridized carbons (Fsp3) is 0.333. The number of hydrogen-bond acceptors (Lipinski definition) is 5. The van der Waals surface area contributed by atoms with Gasteiger partial charge in [0.1, 0.15) is 5.82 Å². The van der Waals surface area contributed by atoms with Crippen LogP contribution in [-0.2, 0) is 17.4 Å².